The topological polar surface area (TPSA) is 12.9 Å². The van der Waals surface area contributed by atoms with Crippen LogP contribution in [0.25, 0.3) is 10.2 Å². The second kappa shape index (κ2) is 3.85. The first kappa shape index (κ1) is 11.6. The smallest absolute Gasteiger partial charge is 0.0850 e. The lowest BCUT2D eigenvalue weighted by molar-refractivity contribution is 0.596. The molecule has 0 amide bonds. The van der Waals surface area contributed by atoms with Crippen molar-refractivity contribution in [2.45, 2.75) is 46.0 Å². The first-order valence-corrected chi connectivity index (χ1v) is 6.66. The minimum absolute atomic E-state index is 0.181. The lowest BCUT2D eigenvalue weighted by Crippen LogP contribution is -2.10. The third kappa shape index (κ3) is 1.99. The van der Waals surface area contributed by atoms with Gasteiger partial charge in [-0.1, -0.05) is 34.6 Å². The number of fused-ring (bicyclic) bond motifs is 1. The summed E-state index contributed by atoms with van der Waals surface area (Å²) in [5.41, 5.74) is 3.94. The summed E-state index contributed by atoms with van der Waals surface area (Å²) in [6.07, 6.45) is 0. The molecule has 0 fully saturated rings. The molecule has 0 unspecified atom stereocenters. The zero-order chi connectivity index (χ0) is 11.9. The van der Waals surface area contributed by atoms with Gasteiger partial charge in [0.25, 0.3) is 0 Å². The molecule has 2 aromatic heterocycles. The van der Waals surface area contributed by atoms with Gasteiger partial charge in [-0.15, -0.1) is 11.3 Å². The molecular weight excluding hydrogens is 214 g/mol. The highest BCUT2D eigenvalue weighted by Crippen LogP contribution is 2.34. The van der Waals surface area contributed by atoms with Gasteiger partial charge < -0.3 is 0 Å². The van der Waals surface area contributed by atoms with Crippen molar-refractivity contribution in [3.8, 4) is 0 Å². The monoisotopic (exact) mass is 233 g/mol. The molecule has 0 aliphatic carbocycles. The van der Waals surface area contributed by atoms with Crippen molar-refractivity contribution < 1.29 is 0 Å². The Morgan fingerprint density at radius 2 is 1.88 bits per heavy atom. The van der Waals surface area contributed by atoms with Crippen LogP contribution in [-0.2, 0) is 5.41 Å². The van der Waals surface area contributed by atoms with E-state index in [-0.39, 0.29) is 5.41 Å². The van der Waals surface area contributed by atoms with Crippen molar-refractivity contribution in [3.05, 3.63) is 28.8 Å². The summed E-state index contributed by atoms with van der Waals surface area (Å²) in [5, 5.41) is 2.25. The fourth-order valence-corrected chi connectivity index (χ4v) is 2.91. The van der Waals surface area contributed by atoms with E-state index in [0.717, 1.165) is 0 Å². The fraction of sp³-hybridized carbons (Fsp3) is 0.500. The van der Waals surface area contributed by atoms with Crippen molar-refractivity contribution in [2.75, 3.05) is 0 Å². The van der Waals surface area contributed by atoms with Gasteiger partial charge in [0.05, 0.1) is 10.2 Å². The summed E-state index contributed by atoms with van der Waals surface area (Å²) < 4.78 is 1.30. The quantitative estimate of drug-likeness (QED) is 0.694. The lowest BCUT2D eigenvalue weighted by Gasteiger charge is -2.17. The molecule has 0 aromatic carbocycles. The first-order chi connectivity index (χ1) is 7.39. The van der Waals surface area contributed by atoms with Crippen molar-refractivity contribution >= 4 is 21.6 Å². The van der Waals surface area contributed by atoms with Gasteiger partial charge in [0.1, 0.15) is 0 Å². The SMILES string of the molecule is CC(C)c1ccc2scc(C(C)(C)C)c2n1. The van der Waals surface area contributed by atoms with Gasteiger partial charge in [0.2, 0.25) is 0 Å². The maximum atomic E-state index is 4.81. The zero-order valence-corrected chi connectivity index (χ0v) is 11.5. The summed E-state index contributed by atoms with van der Waals surface area (Å²) in [5.74, 6) is 0.497. The molecule has 1 nitrogen and oxygen atoms in total. The molecule has 0 spiro atoms. The second-order valence-corrected chi connectivity index (χ2v) is 6.55. The van der Waals surface area contributed by atoms with Gasteiger partial charge >= 0.3 is 0 Å². The Bertz CT molecular complexity index is 503. The van der Waals surface area contributed by atoms with Gasteiger partial charge in [-0.05, 0) is 34.4 Å². The van der Waals surface area contributed by atoms with E-state index in [0.29, 0.717) is 5.92 Å². The number of thiophene rings is 1. The Labute approximate surface area is 102 Å². The molecule has 2 heteroatoms. The van der Waals surface area contributed by atoms with Crippen LogP contribution in [0.2, 0.25) is 0 Å². The number of rotatable bonds is 1. The predicted octanol–water partition coefficient (Wildman–Crippen LogP) is 4.72. The maximum Gasteiger partial charge on any atom is 0.0850 e. The Morgan fingerprint density at radius 1 is 1.19 bits per heavy atom. The number of pyridine rings is 1. The molecule has 0 atom stereocenters. The van der Waals surface area contributed by atoms with E-state index >= 15 is 0 Å². The van der Waals surface area contributed by atoms with Crippen LogP contribution in [0.4, 0.5) is 0 Å². The number of hydrogen-bond donors (Lipinski definition) is 0. The van der Waals surface area contributed by atoms with Crippen molar-refractivity contribution in [3.63, 3.8) is 0 Å². The Balaban J connectivity index is 2.65. The normalized spacial score (nSPS) is 12.6. The summed E-state index contributed by atoms with van der Waals surface area (Å²) in [7, 11) is 0. The second-order valence-electron chi connectivity index (χ2n) is 5.64. The molecule has 0 N–H and O–H groups in total. The minimum Gasteiger partial charge on any atom is -0.251 e. The maximum absolute atomic E-state index is 4.81. The average Bonchev–Trinajstić information content (AvgIpc) is 2.58. The van der Waals surface area contributed by atoms with Crippen molar-refractivity contribution in [1.82, 2.24) is 4.98 Å². The summed E-state index contributed by atoms with van der Waals surface area (Å²) in [4.78, 5) is 4.81. The molecule has 0 radical (unpaired) electrons. The molecule has 0 saturated carbocycles. The summed E-state index contributed by atoms with van der Waals surface area (Å²) in [6.45, 7) is 11.1. The lowest BCUT2D eigenvalue weighted by atomic mass is 9.88. The van der Waals surface area contributed by atoms with Crippen molar-refractivity contribution in [1.29, 1.82) is 0 Å². The zero-order valence-electron chi connectivity index (χ0n) is 10.7. The van der Waals surface area contributed by atoms with Crippen LogP contribution in [0, 0.1) is 0 Å². The standard InChI is InChI=1S/C14H19NS/c1-9(2)11-6-7-12-13(15-11)10(8-16-12)14(3,4)5/h6-9H,1-5H3. The summed E-state index contributed by atoms with van der Waals surface area (Å²) >= 11 is 1.80. The molecular formula is C14H19NS. The van der Waals surface area contributed by atoms with Crippen LogP contribution < -0.4 is 0 Å². The average molecular weight is 233 g/mol. The molecule has 0 aliphatic rings. The Hall–Kier alpha value is -0.890. The fourth-order valence-electron chi connectivity index (χ4n) is 1.78. The largest absolute Gasteiger partial charge is 0.251 e. The Morgan fingerprint density at radius 3 is 2.44 bits per heavy atom. The number of aromatic nitrogens is 1. The van der Waals surface area contributed by atoms with Crippen LogP contribution in [0.15, 0.2) is 17.5 Å². The van der Waals surface area contributed by atoms with Crippen LogP contribution in [-0.4, -0.2) is 4.98 Å². The third-order valence-corrected chi connectivity index (χ3v) is 3.78. The van der Waals surface area contributed by atoms with E-state index in [1.54, 1.807) is 11.3 Å². The molecule has 16 heavy (non-hydrogen) atoms. The minimum atomic E-state index is 0.181. The molecule has 2 rings (SSSR count). The molecule has 0 bridgehead atoms. The Kier molecular flexibility index (Phi) is 2.79. The highest BCUT2D eigenvalue weighted by Gasteiger charge is 2.19. The molecule has 0 saturated heterocycles. The molecule has 2 heterocycles. The van der Waals surface area contributed by atoms with Crippen LogP contribution in [0.5, 0.6) is 0 Å². The van der Waals surface area contributed by atoms with Crippen LogP contribution >= 0.6 is 11.3 Å². The van der Waals surface area contributed by atoms with E-state index in [2.05, 4.69) is 52.1 Å². The van der Waals surface area contributed by atoms with Gasteiger partial charge in [0, 0.05) is 5.69 Å². The van der Waals surface area contributed by atoms with E-state index in [9.17, 15) is 0 Å². The molecule has 86 valence electrons. The third-order valence-electron chi connectivity index (χ3n) is 2.84. The van der Waals surface area contributed by atoms with E-state index in [1.165, 1.54) is 21.5 Å². The van der Waals surface area contributed by atoms with E-state index in [1.807, 2.05) is 0 Å². The van der Waals surface area contributed by atoms with E-state index < -0.39 is 0 Å². The van der Waals surface area contributed by atoms with Crippen LogP contribution in [0.1, 0.15) is 51.8 Å². The highest BCUT2D eigenvalue weighted by atomic mass is 32.1. The van der Waals surface area contributed by atoms with Gasteiger partial charge in [-0.25, -0.2) is 0 Å². The highest BCUT2D eigenvalue weighted by molar-refractivity contribution is 7.17. The van der Waals surface area contributed by atoms with E-state index in [4.69, 9.17) is 4.98 Å². The van der Waals surface area contributed by atoms with Gasteiger partial charge in [-0.2, -0.15) is 0 Å². The van der Waals surface area contributed by atoms with Crippen molar-refractivity contribution in [2.24, 2.45) is 0 Å². The van der Waals surface area contributed by atoms with Gasteiger partial charge in [0.15, 0.2) is 0 Å². The summed E-state index contributed by atoms with van der Waals surface area (Å²) in [6, 6.07) is 4.35. The number of hydrogen-bond acceptors (Lipinski definition) is 2. The predicted molar refractivity (Wildman–Crippen MR) is 72.4 cm³/mol. The first-order valence-electron chi connectivity index (χ1n) is 5.78. The van der Waals surface area contributed by atoms with Gasteiger partial charge in [-0.3, -0.25) is 4.98 Å². The number of nitrogens with zero attached hydrogens (tertiary/aromatic N) is 1. The molecule has 0 aliphatic heterocycles. The van der Waals surface area contributed by atoms with Crippen LogP contribution in [0.3, 0.4) is 0 Å². The molecule has 2 aromatic rings.